The van der Waals surface area contributed by atoms with Gasteiger partial charge in [0.05, 0.1) is 26.4 Å². The summed E-state index contributed by atoms with van der Waals surface area (Å²) in [5.74, 6) is 2.83. The number of aldehydes is 1. The summed E-state index contributed by atoms with van der Waals surface area (Å²) in [5, 5.41) is 0. The highest BCUT2D eigenvalue weighted by Gasteiger charge is 2.24. The number of benzene rings is 4. The van der Waals surface area contributed by atoms with E-state index >= 15 is 0 Å². The Morgan fingerprint density at radius 2 is 0.957 bits per heavy atom. The first-order chi connectivity index (χ1) is 22.5. The Morgan fingerprint density at radius 3 is 1.32 bits per heavy atom. The highest BCUT2D eigenvalue weighted by molar-refractivity contribution is 5.71. The van der Waals surface area contributed by atoms with Crippen LogP contribution < -0.4 is 14.2 Å². The van der Waals surface area contributed by atoms with E-state index in [0.29, 0.717) is 26.4 Å². The fraction of sp³-hybridized carbons (Fsp3) is 0.390. The number of epoxide rings is 1. The summed E-state index contributed by atoms with van der Waals surface area (Å²) < 4.78 is 29.4. The van der Waals surface area contributed by atoms with E-state index in [-0.39, 0.29) is 12.7 Å². The minimum absolute atomic E-state index is 0.113. The molecule has 1 aliphatic heterocycles. The normalized spacial score (nSPS) is 13.8. The second kappa shape index (κ2) is 15.2. The van der Waals surface area contributed by atoms with Crippen molar-refractivity contribution in [2.24, 2.45) is 0 Å². The maximum atomic E-state index is 10.6. The van der Waals surface area contributed by atoms with E-state index in [1.54, 1.807) is 0 Å². The summed E-state index contributed by atoms with van der Waals surface area (Å²) in [4.78, 5) is 10.6. The molecule has 6 nitrogen and oxygen atoms in total. The van der Waals surface area contributed by atoms with Gasteiger partial charge in [-0.1, -0.05) is 12.1 Å². The van der Waals surface area contributed by atoms with Crippen LogP contribution in [0.4, 0.5) is 0 Å². The summed E-state index contributed by atoms with van der Waals surface area (Å²) in [7, 11) is 0. The van der Waals surface area contributed by atoms with E-state index in [2.05, 4.69) is 104 Å². The smallest absolute Gasteiger partial charge is 0.145 e. The lowest BCUT2D eigenvalue weighted by Gasteiger charge is -2.18. The second-order valence-electron chi connectivity index (χ2n) is 12.9. The van der Waals surface area contributed by atoms with E-state index in [1.165, 1.54) is 11.1 Å². The molecule has 1 unspecified atom stereocenters. The van der Waals surface area contributed by atoms with Crippen LogP contribution in [0, 0.1) is 55.4 Å². The predicted octanol–water partition coefficient (Wildman–Crippen LogP) is 8.83. The SMILES string of the molecule is Cc1cc(-c2cc(C)c(OCCCOc3c(C)cc(-c4cc(C)c(OCC5CO5)c(C)c4)cc3C)c(C)c2)cc(C)c1COCC=O. The number of aryl methyl sites for hydroxylation is 8. The Morgan fingerprint density at radius 1 is 0.596 bits per heavy atom. The van der Waals surface area contributed by atoms with Gasteiger partial charge in [0.15, 0.2) is 0 Å². The highest BCUT2D eigenvalue weighted by atomic mass is 16.6. The first-order valence-corrected chi connectivity index (χ1v) is 16.5. The van der Waals surface area contributed by atoms with Crippen LogP contribution in [-0.2, 0) is 20.9 Å². The Hall–Kier alpha value is -4.13. The highest BCUT2D eigenvalue weighted by Crippen LogP contribution is 2.35. The molecular weight excluding hydrogens is 588 g/mol. The summed E-state index contributed by atoms with van der Waals surface area (Å²) >= 11 is 0. The van der Waals surface area contributed by atoms with Crippen LogP contribution in [0.15, 0.2) is 48.5 Å². The maximum absolute atomic E-state index is 10.6. The van der Waals surface area contributed by atoms with Crippen LogP contribution in [0.25, 0.3) is 22.3 Å². The van der Waals surface area contributed by atoms with Crippen LogP contribution in [0.1, 0.15) is 56.5 Å². The molecule has 0 radical (unpaired) electrons. The largest absolute Gasteiger partial charge is 0.493 e. The van der Waals surface area contributed by atoms with Crippen LogP contribution in [0.5, 0.6) is 17.2 Å². The second-order valence-corrected chi connectivity index (χ2v) is 12.9. The summed E-state index contributed by atoms with van der Waals surface area (Å²) in [6.45, 7) is 19.9. The zero-order chi connectivity index (χ0) is 33.7. The quantitative estimate of drug-likeness (QED) is 0.0738. The Balaban J connectivity index is 1.17. The lowest BCUT2D eigenvalue weighted by atomic mass is 9.94. The van der Waals surface area contributed by atoms with E-state index in [4.69, 9.17) is 23.7 Å². The van der Waals surface area contributed by atoms with Crippen molar-refractivity contribution in [3.63, 3.8) is 0 Å². The number of carbonyl (C=O) groups is 1. The molecule has 1 heterocycles. The maximum Gasteiger partial charge on any atom is 0.145 e. The van der Waals surface area contributed by atoms with E-state index in [9.17, 15) is 4.79 Å². The van der Waals surface area contributed by atoms with Gasteiger partial charge in [0.25, 0.3) is 0 Å². The summed E-state index contributed by atoms with van der Waals surface area (Å²) in [6.07, 6.45) is 1.80. The Labute approximate surface area is 280 Å². The van der Waals surface area contributed by atoms with Crippen molar-refractivity contribution in [2.45, 2.75) is 74.5 Å². The molecule has 0 N–H and O–H groups in total. The minimum Gasteiger partial charge on any atom is -0.493 e. The van der Waals surface area contributed by atoms with Crippen LogP contribution in [-0.4, -0.2) is 45.4 Å². The van der Waals surface area contributed by atoms with Crippen molar-refractivity contribution in [1.82, 2.24) is 0 Å². The van der Waals surface area contributed by atoms with E-state index in [1.807, 2.05) is 0 Å². The van der Waals surface area contributed by atoms with Gasteiger partial charge in [-0.2, -0.15) is 0 Å². The van der Waals surface area contributed by atoms with Crippen molar-refractivity contribution < 1.29 is 28.5 Å². The molecule has 6 heteroatoms. The molecule has 1 aliphatic rings. The fourth-order valence-electron chi connectivity index (χ4n) is 6.38. The molecule has 0 aromatic heterocycles. The molecule has 1 atom stereocenters. The number of hydrogen-bond donors (Lipinski definition) is 0. The van der Waals surface area contributed by atoms with Crippen molar-refractivity contribution in [1.29, 1.82) is 0 Å². The van der Waals surface area contributed by atoms with Crippen molar-refractivity contribution in [3.05, 3.63) is 98.6 Å². The van der Waals surface area contributed by atoms with Gasteiger partial charge in [-0.15, -0.1) is 0 Å². The molecule has 4 aromatic carbocycles. The third-order valence-corrected chi connectivity index (χ3v) is 8.77. The number of carbonyl (C=O) groups excluding carboxylic acids is 1. The molecule has 1 fully saturated rings. The third kappa shape index (κ3) is 8.43. The van der Waals surface area contributed by atoms with Gasteiger partial charge >= 0.3 is 0 Å². The molecule has 0 aliphatic carbocycles. The minimum atomic E-state index is 0.113. The van der Waals surface area contributed by atoms with E-state index < -0.39 is 0 Å². The van der Waals surface area contributed by atoms with Crippen LogP contribution in [0.3, 0.4) is 0 Å². The van der Waals surface area contributed by atoms with Gasteiger partial charge in [-0.25, -0.2) is 0 Å². The lowest BCUT2D eigenvalue weighted by Crippen LogP contribution is -2.08. The average molecular weight is 637 g/mol. The van der Waals surface area contributed by atoms with Gasteiger partial charge in [0, 0.05) is 6.42 Å². The number of ether oxygens (including phenoxy) is 5. The van der Waals surface area contributed by atoms with E-state index in [0.717, 1.165) is 97.8 Å². The molecule has 4 aromatic rings. The molecule has 1 saturated heterocycles. The summed E-state index contributed by atoms with van der Waals surface area (Å²) in [5.41, 5.74) is 14.9. The monoisotopic (exact) mass is 636 g/mol. The molecule has 248 valence electrons. The first-order valence-electron chi connectivity index (χ1n) is 16.5. The first kappa shape index (κ1) is 34.2. The van der Waals surface area contributed by atoms with Gasteiger partial charge in [0.2, 0.25) is 0 Å². The zero-order valence-electron chi connectivity index (χ0n) is 29.2. The van der Waals surface area contributed by atoms with Crippen LogP contribution in [0.2, 0.25) is 0 Å². The molecule has 0 saturated carbocycles. The average Bonchev–Trinajstić information content (AvgIpc) is 3.84. The molecule has 5 rings (SSSR count). The Bertz CT molecular complexity index is 1660. The van der Waals surface area contributed by atoms with Gasteiger partial charge < -0.3 is 28.5 Å². The van der Waals surface area contributed by atoms with Crippen molar-refractivity contribution in [3.8, 4) is 39.5 Å². The zero-order valence-corrected chi connectivity index (χ0v) is 29.2. The molecule has 47 heavy (non-hydrogen) atoms. The van der Waals surface area contributed by atoms with Gasteiger partial charge in [-0.3, -0.25) is 0 Å². The predicted molar refractivity (Wildman–Crippen MR) is 188 cm³/mol. The standard InChI is InChI=1S/C41H48O6/c1-25-14-33(15-26(2)38(25)24-43-13-10-42)34-16-27(3)39(28(4)17-34)44-11-9-12-45-40-29(5)18-35(19-30(40)6)36-20-31(7)41(32(8)21-36)47-23-37-22-46-37/h10,14-21,37H,9,11-13,22-24H2,1-8H3. The van der Waals surface area contributed by atoms with Crippen molar-refractivity contribution >= 4 is 6.29 Å². The molecule has 0 bridgehead atoms. The number of rotatable bonds is 15. The topological polar surface area (TPSA) is 66.5 Å². The number of hydrogen-bond acceptors (Lipinski definition) is 6. The fourth-order valence-corrected chi connectivity index (χ4v) is 6.38. The molecule has 0 amide bonds. The molecular formula is C41H48O6. The van der Waals surface area contributed by atoms with Crippen LogP contribution >= 0.6 is 0 Å². The van der Waals surface area contributed by atoms with Gasteiger partial charge in [-0.05, 0) is 164 Å². The van der Waals surface area contributed by atoms with Crippen molar-refractivity contribution in [2.75, 3.05) is 33.0 Å². The van der Waals surface area contributed by atoms with Gasteiger partial charge in [0.1, 0.15) is 42.9 Å². The molecule has 0 spiro atoms. The lowest BCUT2D eigenvalue weighted by molar-refractivity contribution is -0.112. The summed E-state index contributed by atoms with van der Waals surface area (Å²) in [6, 6.07) is 17.6. The Kier molecular flexibility index (Phi) is 11.1. The third-order valence-electron chi connectivity index (χ3n) is 8.77.